The number of furan rings is 1. The minimum atomic E-state index is -3.50. The van der Waals surface area contributed by atoms with Gasteiger partial charge in [-0.25, -0.2) is 8.42 Å². The van der Waals surface area contributed by atoms with Crippen LogP contribution in [0.15, 0.2) is 52.0 Å². The molecule has 2 heterocycles. The van der Waals surface area contributed by atoms with Crippen molar-refractivity contribution in [3.8, 4) is 0 Å². The molecule has 1 fully saturated rings. The Bertz CT molecular complexity index is 1250. The van der Waals surface area contributed by atoms with E-state index >= 15 is 0 Å². The molecule has 1 N–H and O–H groups in total. The largest absolute Gasteiger partial charge is 0.464 e. The molecule has 0 saturated carbocycles. The second-order valence-electron chi connectivity index (χ2n) is 9.36. The van der Waals surface area contributed by atoms with Crippen molar-refractivity contribution in [2.75, 3.05) is 13.1 Å². The summed E-state index contributed by atoms with van der Waals surface area (Å²) in [7, 11) is -3.50. The maximum absolute atomic E-state index is 12.9. The average molecular weight is 469 g/mol. The quantitative estimate of drug-likeness (QED) is 0.569. The Hall–Kier alpha value is -2.64. The predicted molar refractivity (Wildman–Crippen MR) is 130 cm³/mol. The summed E-state index contributed by atoms with van der Waals surface area (Å²) >= 11 is 0. The molecule has 1 aromatic heterocycles. The van der Waals surface area contributed by atoms with Crippen molar-refractivity contribution in [1.29, 1.82) is 0 Å². The highest BCUT2D eigenvalue weighted by Crippen LogP contribution is 2.29. The zero-order chi connectivity index (χ0) is 23.8. The molecule has 0 aliphatic carbocycles. The Labute approximate surface area is 196 Å². The molecule has 176 valence electrons. The van der Waals surface area contributed by atoms with Gasteiger partial charge in [0.2, 0.25) is 15.9 Å². The number of hydrogen-bond donors (Lipinski definition) is 1. The van der Waals surface area contributed by atoms with E-state index in [1.54, 1.807) is 18.4 Å². The van der Waals surface area contributed by atoms with Gasteiger partial charge in [-0.2, -0.15) is 4.31 Å². The molecule has 7 heteroatoms. The van der Waals surface area contributed by atoms with Gasteiger partial charge in [-0.15, -0.1) is 0 Å². The number of amides is 1. The summed E-state index contributed by atoms with van der Waals surface area (Å²) < 4.78 is 33.0. The van der Waals surface area contributed by atoms with Crippen molar-refractivity contribution in [1.82, 2.24) is 9.62 Å². The summed E-state index contributed by atoms with van der Waals surface area (Å²) in [5.74, 6) is 0.330. The lowest BCUT2D eigenvalue weighted by Gasteiger charge is -2.31. The minimum absolute atomic E-state index is 0.0337. The minimum Gasteiger partial charge on any atom is -0.464 e. The molecule has 0 spiro atoms. The zero-order valence-electron chi connectivity index (χ0n) is 19.7. The molecule has 1 amide bonds. The highest BCUT2D eigenvalue weighted by molar-refractivity contribution is 7.89. The molecule has 0 unspecified atom stereocenters. The zero-order valence-corrected chi connectivity index (χ0v) is 20.5. The van der Waals surface area contributed by atoms with E-state index in [4.69, 9.17) is 4.42 Å². The molecule has 1 aliphatic rings. The Morgan fingerprint density at radius 3 is 2.42 bits per heavy atom. The van der Waals surface area contributed by atoms with Gasteiger partial charge in [-0.3, -0.25) is 4.79 Å². The number of carbonyl (C=O) groups is 1. The van der Waals surface area contributed by atoms with E-state index < -0.39 is 10.0 Å². The van der Waals surface area contributed by atoms with Crippen LogP contribution in [-0.4, -0.2) is 37.8 Å². The van der Waals surface area contributed by atoms with Crippen molar-refractivity contribution >= 4 is 26.9 Å². The van der Waals surface area contributed by atoms with E-state index in [9.17, 15) is 13.2 Å². The fraction of sp³-hybridized carbons (Fsp3) is 0.423. The van der Waals surface area contributed by atoms with Crippen LogP contribution < -0.4 is 5.32 Å². The molecule has 0 radical (unpaired) electrons. The van der Waals surface area contributed by atoms with E-state index in [1.807, 2.05) is 25.1 Å². The molecule has 4 rings (SSSR count). The number of hydrogen-bond acceptors (Lipinski definition) is 4. The number of piperidine rings is 1. The molecule has 1 saturated heterocycles. The molecule has 1 aliphatic heterocycles. The third-order valence-corrected chi connectivity index (χ3v) is 8.41. The smallest absolute Gasteiger partial charge is 0.243 e. The third-order valence-electron chi connectivity index (χ3n) is 6.49. The second kappa shape index (κ2) is 9.31. The second-order valence-corrected chi connectivity index (χ2v) is 11.3. The summed E-state index contributed by atoms with van der Waals surface area (Å²) in [5, 5.41) is 4.07. The van der Waals surface area contributed by atoms with Crippen LogP contribution in [0, 0.1) is 13.8 Å². The maximum atomic E-state index is 12.9. The highest BCUT2D eigenvalue weighted by atomic mass is 32.2. The summed E-state index contributed by atoms with van der Waals surface area (Å²) in [6.07, 6.45) is 3.11. The van der Waals surface area contributed by atoms with E-state index in [0.29, 0.717) is 36.7 Å². The number of benzene rings is 2. The van der Waals surface area contributed by atoms with Gasteiger partial charge in [-0.05, 0) is 68.0 Å². The first-order valence-corrected chi connectivity index (χ1v) is 13.0. The molecule has 0 atom stereocenters. The van der Waals surface area contributed by atoms with Crippen LogP contribution in [-0.2, 0) is 21.2 Å². The van der Waals surface area contributed by atoms with Crippen LogP contribution in [0.2, 0.25) is 0 Å². The Morgan fingerprint density at radius 2 is 1.79 bits per heavy atom. The van der Waals surface area contributed by atoms with Crippen LogP contribution in [0.4, 0.5) is 0 Å². The lowest BCUT2D eigenvalue weighted by Crippen LogP contribution is -2.46. The van der Waals surface area contributed by atoms with Crippen molar-refractivity contribution in [3.63, 3.8) is 0 Å². The standard InChI is InChI=1S/C26H32N2O4S/c1-17(2)23-15-24-20(16-32-25(24)13-19(23)4)14-26(29)27-21-9-11-28(12-10-21)33(30,31)22-7-5-18(3)6-8-22/h5-8,13,15-17,21H,9-12,14H2,1-4H3,(H,27,29). The van der Waals surface area contributed by atoms with E-state index in [-0.39, 0.29) is 18.4 Å². The van der Waals surface area contributed by atoms with Crippen LogP contribution in [0.1, 0.15) is 54.9 Å². The summed E-state index contributed by atoms with van der Waals surface area (Å²) in [6, 6.07) is 11.1. The lowest BCUT2D eigenvalue weighted by atomic mass is 9.95. The Kier molecular flexibility index (Phi) is 6.64. The van der Waals surface area contributed by atoms with Crippen LogP contribution in [0.5, 0.6) is 0 Å². The normalized spacial score (nSPS) is 15.9. The van der Waals surface area contributed by atoms with Gasteiger partial charge >= 0.3 is 0 Å². The number of nitrogens with zero attached hydrogens (tertiary/aromatic N) is 1. The molecular formula is C26H32N2O4S. The van der Waals surface area contributed by atoms with Crippen molar-refractivity contribution in [2.24, 2.45) is 0 Å². The van der Waals surface area contributed by atoms with Crippen LogP contribution in [0.25, 0.3) is 11.0 Å². The lowest BCUT2D eigenvalue weighted by molar-refractivity contribution is -0.121. The number of rotatable bonds is 6. The first-order chi connectivity index (χ1) is 15.6. The van der Waals surface area contributed by atoms with Gasteiger partial charge in [0.15, 0.2) is 0 Å². The van der Waals surface area contributed by atoms with Crippen LogP contribution >= 0.6 is 0 Å². The van der Waals surface area contributed by atoms with Gasteiger partial charge in [0.25, 0.3) is 0 Å². The Morgan fingerprint density at radius 1 is 1.12 bits per heavy atom. The molecule has 6 nitrogen and oxygen atoms in total. The van der Waals surface area contributed by atoms with E-state index in [2.05, 4.69) is 32.2 Å². The Balaban J connectivity index is 1.37. The van der Waals surface area contributed by atoms with E-state index in [0.717, 1.165) is 22.1 Å². The average Bonchev–Trinajstić information content (AvgIpc) is 3.14. The summed E-state index contributed by atoms with van der Waals surface area (Å²) in [4.78, 5) is 13.1. The molecule has 2 aromatic carbocycles. The number of aryl methyl sites for hydroxylation is 2. The van der Waals surface area contributed by atoms with Gasteiger partial charge in [0.05, 0.1) is 17.6 Å². The number of nitrogens with one attached hydrogen (secondary N) is 1. The van der Waals surface area contributed by atoms with Crippen molar-refractivity contribution < 1.29 is 17.6 Å². The first-order valence-electron chi connectivity index (χ1n) is 11.5. The molecule has 3 aromatic rings. The highest BCUT2D eigenvalue weighted by Gasteiger charge is 2.30. The van der Waals surface area contributed by atoms with Gasteiger partial charge in [-0.1, -0.05) is 31.5 Å². The van der Waals surface area contributed by atoms with E-state index in [1.165, 1.54) is 15.4 Å². The molecular weight excluding hydrogens is 436 g/mol. The van der Waals surface area contributed by atoms with Crippen molar-refractivity contribution in [3.05, 3.63) is 64.9 Å². The number of carbonyl (C=O) groups excluding carboxylic acids is 1. The van der Waals surface area contributed by atoms with Gasteiger partial charge in [0, 0.05) is 30.1 Å². The number of fused-ring (bicyclic) bond motifs is 1. The number of sulfonamides is 1. The SMILES string of the molecule is Cc1ccc(S(=O)(=O)N2CCC(NC(=O)Cc3coc4cc(C)c(C(C)C)cc34)CC2)cc1. The van der Waals surface area contributed by atoms with Crippen molar-refractivity contribution in [2.45, 2.75) is 63.8 Å². The maximum Gasteiger partial charge on any atom is 0.243 e. The van der Waals surface area contributed by atoms with Gasteiger partial charge < -0.3 is 9.73 Å². The summed E-state index contributed by atoms with van der Waals surface area (Å²) in [5.41, 5.74) is 5.15. The fourth-order valence-corrected chi connectivity index (χ4v) is 6.02. The fourth-order valence-electron chi connectivity index (χ4n) is 4.56. The van der Waals surface area contributed by atoms with Gasteiger partial charge in [0.1, 0.15) is 5.58 Å². The first kappa shape index (κ1) is 23.5. The predicted octanol–water partition coefficient (Wildman–Crippen LogP) is 4.69. The third kappa shape index (κ3) is 4.99. The molecule has 33 heavy (non-hydrogen) atoms. The summed E-state index contributed by atoms with van der Waals surface area (Å²) in [6.45, 7) is 9.12. The van der Waals surface area contributed by atoms with Crippen LogP contribution in [0.3, 0.4) is 0 Å². The monoisotopic (exact) mass is 468 g/mol. The topological polar surface area (TPSA) is 79.6 Å². The molecule has 0 bridgehead atoms.